The Balaban J connectivity index is 2.33. The molecule has 0 aliphatic rings. The van der Waals surface area contributed by atoms with E-state index in [4.69, 9.17) is 0 Å². The van der Waals surface area contributed by atoms with Crippen LogP contribution in [0.1, 0.15) is 21.5 Å². The summed E-state index contributed by atoms with van der Waals surface area (Å²) in [5.41, 5.74) is 1.92. The van der Waals surface area contributed by atoms with Gasteiger partial charge in [0.05, 0.1) is 4.92 Å². The lowest BCUT2D eigenvalue weighted by Crippen LogP contribution is -2.07. The Morgan fingerprint density at radius 3 is 2.65 bits per heavy atom. The largest absolute Gasteiger partial charge is 0.294 e. The standard InChI is InChI=1S/C15H12BrNO3/c1-10-6-7-13(16)12(8-10)15(18)9-11-4-2-3-5-14(11)17(19)20/h2-8H,9H2,1H3. The van der Waals surface area contributed by atoms with Gasteiger partial charge in [-0.15, -0.1) is 0 Å². The first kappa shape index (κ1) is 14.4. The second-order valence-electron chi connectivity index (χ2n) is 4.47. The lowest BCUT2D eigenvalue weighted by molar-refractivity contribution is -0.385. The molecule has 0 heterocycles. The molecule has 0 aromatic heterocycles. The highest BCUT2D eigenvalue weighted by molar-refractivity contribution is 9.10. The molecule has 0 saturated carbocycles. The van der Waals surface area contributed by atoms with Crippen LogP contribution in [0.3, 0.4) is 0 Å². The van der Waals surface area contributed by atoms with Crippen molar-refractivity contribution in [2.24, 2.45) is 0 Å². The predicted octanol–water partition coefficient (Wildman–Crippen LogP) is 4.09. The molecule has 0 amide bonds. The molecule has 0 spiro atoms. The summed E-state index contributed by atoms with van der Waals surface area (Å²) in [6, 6.07) is 11.8. The van der Waals surface area contributed by atoms with E-state index in [1.54, 1.807) is 24.3 Å². The number of ketones is 1. The minimum absolute atomic E-state index is 0.0131. The summed E-state index contributed by atoms with van der Waals surface area (Å²) in [7, 11) is 0. The van der Waals surface area contributed by atoms with Gasteiger partial charge in [-0.3, -0.25) is 14.9 Å². The van der Waals surface area contributed by atoms with Crippen molar-refractivity contribution in [3.05, 3.63) is 73.7 Å². The van der Waals surface area contributed by atoms with E-state index in [0.29, 0.717) is 15.6 Å². The number of nitro benzene ring substituents is 1. The van der Waals surface area contributed by atoms with E-state index >= 15 is 0 Å². The van der Waals surface area contributed by atoms with Gasteiger partial charge in [-0.25, -0.2) is 0 Å². The Kier molecular flexibility index (Phi) is 4.29. The molecule has 0 radical (unpaired) electrons. The van der Waals surface area contributed by atoms with Gasteiger partial charge in [0.2, 0.25) is 0 Å². The second kappa shape index (κ2) is 5.96. The van der Waals surface area contributed by atoms with Gasteiger partial charge in [-0.05, 0) is 19.1 Å². The predicted molar refractivity (Wildman–Crippen MR) is 80.0 cm³/mol. The van der Waals surface area contributed by atoms with Gasteiger partial charge < -0.3 is 0 Å². The van der Waals surface area contributed by atoms with Gasteiger partial charge in [0.1, 0.15) is 0 Å². The number of halogens is 1. The van der Waals surface area contributed by atoms with Crippen LogP contribution in [0.15, 0.2) is 46.9 Å². The van der Waals surface area contributed by atoms with Gasteiger partial charge in [0.25, 0.3) is 5.69 Å². The van der Waals surface area contributed by atoms with Crippen LogP contribution >= 0.6 is 15.9 Å². The monoisotopic (exact) mass is 333 g/mol. The molecule has 102 valence electrons. The van der Waals surface area contributed by atoms with Crippen molar-refractivity contribution in [2.45, 2.75) is 13.3 Å². The van der Waals surface area contributed by atoms with E-state index in [0.717, 1.165) is 5.56 Å². The van der Waals surface area contributed by atoms with E-state index < -0.39 is 4.92 Å². The van der Waals surface area contributed by atoms with Crippen LogP contribution in [0.25, 0.3) is 0 Å². The highest BCUT2D eigenvalue weighted by Gasteiger charge is 2.18. The van der Waals surface area contributed by atoms with E-state index in [9.17, 15) is 14.9 Å². The number of hydrogen-bond acceptors (Lipinski definition) is 3. The summed E-state index contributed by atoms with van der Waals surface area (Å²) in [4.78, 5) is 22.8. The molecule has 5 heteroatoms. The molecule has 2 rings (SSSR count). The fourth-order valence-electron chi connectivity index (χ4n) is 1.96. The zero-order chi connectivity index (χ0) is 14.7. The van der Waals surface area contributed by atoms with Crippen LogP contribution in [0, 0.1) is 17.0 Å². The molecule has 0 unspecified atom stereocenters. The maximum absolute atomic E-state index is 12.3. The molecule has 0 aliphatic carbocycles. The van der Waals surface area contributed by atoms with Gasteiger partial charge in [-0.1, -0.05) is 45.8 Å². The molecule has 20 heavy (non-hydrogen) atoms. The molecular formula is C15H12BrNO3. The summed E-state index contributed by atoms with van der Waals surface area (Å²) in [5, 5.41) is 10.9. The van der Waals surface area contributed by atoms with Crippen molar-refractivity contribution < 1.29 is 9.72 Å². The second-order valence-corrected chi connectivity index (χ2v) is 5.32. The number of nitrogens with zero attached hydrogens (tertiary/aromatic N) is 1. The molecule has 0 atom stereocenters. The minimum Gasteiger partial charge on any atom is -0.294 e. The Bertz CT molecular complexity index is 683. The van der Waals surface area contributed by atoms with Crippen LogP contribution in [0.5, 0.6) is 0 Å². The van der Waals surface area contributed by atoms with E-state index in [2.05, 4.69) is 15.9 Å². The molecule has 2 aromatic carbocycles. The molecule has 4 nitrogen and oxygen atoms in total. The number of rotatable bonds is 4. The Hall–Kier alpha value is -2.01. The quantitative estimate of drug-likeness (QED) is 0.481. The third kappa shape index (κ3) is 3.11. The highest BCUT2D eigenvalue weighted by Crippen LogP contribution is 2.23. The normalized spacial score (nSPS) is 10.3. The highest BCUT2D eigenvalue weighted by atomic mass is 79.9. The Labute approximate surface area is 124 Å². The third-order valence-corrected chi connectivity index (χ3v) is 3.65. The molecule has 0 N–H and O–H groups in total. The van der Waals surface area contributed by atoms with Crippen LogP contribution in [0.4, 0.5) is 5.69 Å². The van der Waals surface area contributed by atoms with Crippen molar-refractivity contribution in [1.29, 1.82) is 0 Å². The lowest BCUT2D eigenvalue weighted by atomic mass is 10.0. The fraction of sp³-hybridized carbons (Fsp3) is 0.133. The number of hydrogen-bond donors (Lipinski definition) is 0. The van der Waals surface area contributed by atoms with Crippen molar-refractivity contribution in [3.8, 4) is 0 Å². The van der Waals surface area contributed by atoms with Crippen LogP contribution < -0.4 is 0 Å². The van der Waals surface area contributed by atoms with Crippen molar-refractivity contribution in [3.63, 3.8) is 0 Å². The van der Waals surface area contributed by atoms with E-state index in [1.165, 1.54) is 6.07 Å². The number of aryl methyl sites for hydroxylation is 1. The zero-order valence-corrected chi connectivity index (χ0v) is 12.4. The molecular weight excluding hydrogens is 322 g/mol. The Morgan fingerprint density at radius 2 is 1.95 bits per heavy atom. The maximum atomic E-state index is 12.3. The first-order chi connectivity index (χ1) is 9.49. The minimum atomic E-state index is -0.464. The lowest BCUT2D eigenvalue weighted by Gasteiger charge is -2.06. The summed E-state index contributed by atoms with van der Waals surface area (Å²) < 4.78 is 0.701. The summed E-state index contributed by atoms with van der Waals surface area (Å²) in [6.45, 7) is 1.90. The van der Waals surface area contributed by atoms with Gasteiger partial charge >= 0.3 is 0 Å². The summed E-state index contributed by atoms with van der Waals surface area (Å²) in [6.07, 6.45) is 0.0131. The molecule has 2 aromatic rings. The zero-order valence-electron chi connectivity index (χ0n) is 10.8. The Morgan fingerprint density at radius 1 is 1.25 bits per heavy atom. The molecule has 0 saturated heterocycles. The maximum Gasteiger partial charge on any atom is 0.273 e. The number of carbonyl (C=O) groups is 1. The fourth-order valence-corrected chi connectivity index (χ4v) is 2.43. The van der Waals surface area contributed by atoms with Crippen LogP contribution in [-0.4, -0.2) is 10.7 Å². The van der Waals surface area contributed by atoms with Crippen molar-refractivity contribution in [1.82, 2.24) is 0 Å². The van der Waals surface area contributed by atoms with Crippen LogP contribution in [0.2, 0.25) is 0 Å². The van der Waals surface area contributed by atoms with E-state index in [1.807, 2.05) is 19.1 Å². The third-order valence-electron chi connectivity index (χ3n) is 2.96. The van der Waals surface area contributed by atoms with E-state index in [-0.39, 0.29) is 17.9 Å². The van der Waals surface area contributed by atoms with Gasteiger partial charge in [0, 0.05) is 28.1 Å². The number of Topliss-reactive ketones (excluding diaryl/α,β-unsaturated/α-hetero) is 1. The summed E-state index contributed by atoms with van der Waals surface area (Å²) >= 11 is 3.34. The number of carbonyl (C=O) groups excluding carboxylic acids is 1. The summed E-state index contributed by atoms with van der Waals surface area (Å²) in [5.74, 6) is -0.144. The number of benzene rings is 2. The number of nitro groups is 1. The average Bonchev–Trinajstić information content (AvgIpc) is 2.41. The topological polar surface area (TPSA) is 60.2 Å². The van der Waals surface area contributed by atoms with Crippen LogP contribution in [-0.2, 0) is 6.42 Å². The van der Waals surface area contributed by atoms with Gasteiger partial charge in [0.15, 0.2) is 5.78 Å². The van der Waals surface area contributed by atoms with Crippen molar-refractivity contribution in [2.75, 3.05) is 0 Å². The molecule has 0 fully saturated rings. The average molecular weight is 334 g/mol. The SMILES string of the molecule is Cc1ccc(Br)c(C(=O)Cc2ccccc2[N+](=O)[O-])c1. The molecule has 0 aliphatic heterocycles. The van der Waals surface area contributed by atoms with Gasteiger partial charge in [-0.2, -0.15) is 0 Å². The van der Waals surface area contributed by atoms with Crippen molar-refractivity contribution >= 4 is 27.4 Å². The first-order valence-corrected chi connectivity index (χ1v) is 6.80. The number of para-hydroxylation sites is 1. The smallest absolute Gasteiger partial charge is 0.273 e. The molecule has 0 bridgehead atoms. The first-order valence-electron chi connectivity index (χ1n) is 6.00.